The van der Waals surface area contributed by atoms with Crippen LogP contribution in [0.1, 0.15) is 54.4 Å². The average Bonchev–Trinajstić information content (AvgIpc) is 2.33. The molecule has 1 atom stereocenters. The molecule has 0 aromatic rings. The Morgan fingerprint density at radius 2 is 1.71 bits per heavy atom. The van der Waals surface area contributed by atoms with Gasteiger partial charge in [-0.1, -0.05) is 40.7 Å². The third-order valence-corrected chi connectivity index (χ3v) is 2.65. The van der Waals surface area contributed by atoms with E-state index >= 15 is 0 Å². The molecule has 21 heavy (non-hydrogen) atoms. The quantitative estimate of drug-likeness (QED) is 0.353. The second-order valence-corrected chi connectivity index (χ2v) is 6.02. The lowest BCUT2D eigenvalue weighted by Gasteiger charge is -2.24. The minimum atomic E-state index is -1.16. The zero-order valence-electron chi connectivity index (χ0n) is 13.8. The van der Waals surface area contributed by atoms with Crippen LogP contribution in [0.4, 0.5) is 0 Å². The number of allylic oxidation sites excluding steroid dienone is 1. The Bertz CT molecular complexity index is 440. The second kappa shape index (κ2) is 7.98. The molecule has 0 aliphatic heterocycles. The summed E-state index contributed by atoms with van der Waals surface area (Å²) in [4.78, 5) is 23.7. The number of ether oxygens (including phenoxy) is 2. The van der Waals surface area contributed by atoms with Gasteiger partial charge in [-0.25, -0.2) is 9.59 Å². The van der Waals surface area contributed by atoms with E-state index in [0.29, 0.717) is 12.8 Å². The van der Waals surface area contributed by atoms with Crippen LogP contribution in [0, 0.1) is 5.41 Å². The molecule has 120 valence electrons. The minimum absolute atomic E-state index is 0.159. The molecule has 0 spiro atoms. The van der Waals surface area contributed by atoms with Crippen molar-refractivity contribution in [1.29, 1.82) is 0 Å². The summed E-state index contributed by atoms with van der Waals surface area (Å²) in [6, 6.07) is 0. The molecule has 0 amide bonds. The van der Waals surface area contributed by atoms with E-state index in [9.17, 15) is 14.7 Å². The Labute approximate surface area is 126 Å². The van der Waals surface area contributed by atoms with Crippen LogP contribution < -0.4 is 0 Å². The van der Waals surface area contributed by atoms with Crippen molar-refractivity contribution in [1.82, 2.24) is 0 Å². The van der Waals surface area contributed by atoms with Crippen LogP contribution >= 0.6 is 0 Å². The van der Waals surface area contributed by atoms with Gasteiger partial charge in [-0.15, -0.1) is 0 Å². The molecule has 0 radical (unpaired) electrons. The lowest BCUT2D eigenvalue weighted by atomic mass is 9.90. The molecule has 0 aliphatic rings. The van der Waals surface area contributed by atoms with Crippen LogP contribution in [0.25, 0.3) is 0 Å². The van der Waals surface area contributed by atoms with Gasteiger partial charge in [0, 0.05) is 17.4 Å². The van der Waals surface area contributed by atoms with Gasteiger partial charge in [0.2, 0.25) is 6.29 Å². The van der Waals surface area contributed by atoms with Crippen LogP contribution in [0.3, 0.4) is 0 Å². The molecule has 0 aromatic heterocycles. The number of rotatable bonds is 6. The fraction of sp³-hybridized carbons (Fsp3) is 0.625. The van der Waals surface area contributed by atoms with Crippen molar-refractivity contribution in [2.45, 2.75) is 60.7 Å². The Kier molecular flexibility index (Phi) is 7.36. The van der Waals surface area contributed by atoms with Gasteiger partial charge in [-0.3, -0.25) is 0 Å². The summed E-state index contributed by atoms with van der Waals surface area (Å²) in [6.07, 6.45) is -0.112. The van der Waals surface area contributed by atoms with E-state index in [2.05, 4.69) is 6.58 Å². The van der Waals surface area contributed by atoms with Crippen LogP contribution in [0.2, 0.25) is 0 Å². The van der Waals surface area contributed by atoms with Gasteiger partial charge in [0.05, 0.1) is 5.57 Å². The molecule has 0 aromatic carbocycles. The predicted octanol–water partition coefficient (Wildman–Crippen LogP) is 3.09. The largest absolute Gasteiger partial charge is 0.433 e. The van der Waals surface area contributed by atoms with Crippen LogP contribution in [-0.2, 0) is 19.1 Å². The molecule has 0 rings (SSSR count). The van der Waals surface area contributed by atoms with Gasteiger partial charge in [0.15, 0.2) is 0 Å². The van der Waals surface area contributed by atoms with Crippen LogP contribution in [0.5, 0.6) is 0 Å². The maximum Gasteiger partial charge on any atom is 0.339 e. The van der Waals surface area contributed by atoms with Crippen molar-refractivity contribution in [3.63, 3.8) is 0 Å². The molecule has 0 heterocycles. The van der Waals surface area contributed by atoms with Crippen molar-refractivity contribution in [2.75, 3.05) is 0 Å². The Balaban J connectivity index is 5.31. The van der Waals surface area contributed by atoms with Gasteiger partial charge in [-0.05, 0) is 13.8 Å². The van der Waals surface area contributed by atoms with E-state index in [4.69, 9.17) is 9.47 Å². The number of aliphatic hydroxyl groups is 1. The molecule has 5 nitrogen and oxygen atoms in total. The predicted molar refractivity (Wildman–Crippen MR) is 80.1 cm³/mol. The molecule has 0 saturated carbocycles. The first-order valence-electron chi connectivity index (χ1n) is 6.98. The fourth-order valence-corrected chi connectivity index (χ4v) is 1.58. The SMILES string of the molecule is C=C(C)C(=O)O/C(=C(/C)C(=O)OC(O)CCC)C(C)(C)C. The lowest BCUT2D eigenvalue weighted by Crippen LogP contribution is -2.24. The van der Waals surface area contributed by atoms with Crippen molar-refractivity contribution in [3.8, 4) is 0 Å². The Hall–Kier alpha value is -1.62. The molecule has 0 aliphatic carbocycles. The second-order valence-electron chi connectivity index (χ2n) is 6.02. The summed E-state index contributed by atoms with van der Waals surface area (Å²) in [7, 11) is 0. The maximum absolute atomic E-state index is 12.0. The summed E-state index contributed by atoms with van der Waals surface area (Å²) < 4.78 is 10.2. The molecular formula is C16H26O5. The molecular weight excluding hydrogens is 272 g/mol. The van der Waals surface area contributed by atoms with E-state index in [-0.39, 0.29) is 16.9 Å². The first-order chi connectivity index (χ1) is 9.50. The van der Waals surface area contributed by atoms with Crippen molar-refractivity contribution < 1.29 is 24.2 Å². The summed E-state index contributed by atoms with van der Waals surface area (Å²) in [5.74, 6) is -1.08. The van der Waals surface area contributed by atoms with E-state index in [1.165, 1.54) is 13.8 Å². The first kappa shape index (κ1) is 19.4. The van der Waals surface area contributed by atoms with Gasteiger partial charge >= 0.3 is 11.9 Å². The molecule has 5 heteroatoms. The third-order valence-electron chi connectivity index (χ3n) is 2.65. The number of esters is 2. The van der Waals surface area contributed by atoms with Crippen molar-refractivity contribution in [2.24, 2.45) is 5.41 Å². The summed E-state index contributed by atoms with van der Waals surface area (Å²) in [5.41, 5.74) is -0.166. The van der Waals surface area contributed by atoms with Crippen LogP contribution in [0.15, 0.2) is 23.5 Å². The monoisotopic (exact) mass is 298 g/mol. The van der Waals surface area contributed by atoms with E-state index in [1.54, 1.807) is 0 Å². The topological polar surface area (TPSA) is 72.8 Å². The van der Waals surface area contributed by atoms with Gasteiger partial charge < -0.3 is 14.6 Å². The number of carbonyl (C=O) groups is 2. The number of carbonyl (C=O) groups excluding carboxylic acids is 2. The van der Waals surface area contributed by atoms with E-state index < -0.39 is 23.6 Å². The standard InChI is InChI=1S/C16H26O5/c1-8-9-12(17)20-15(19)11(4)13(16(5,6)7)21-14(18)10(2)3/h12,17H,2,8-9H2,1,3-7H3/b13-11-. The number of hydrogen-bond donors (Lipinski definition) is 1. The molecule has 0 saturated heterocycles. The molecule has 1 N–H and O–H groups in total. The van der Waals surface area contributed by atoms with E-state index in [0.717, 1.165) is 0 Å². The van der Waals surface area contributed by atoms with Gasteiger partial charge in [0.1, 0.15) is 5.76 Å². The zero-order valence-corrected chi connectivity index (χ0v) is 13.8. The van der Waals surface area contributed by atoms with Crippen molar-refractivity contribution in [3.05, 3.63) is 23.5 Å². The first-order valence-corrected chi connectivity index (χ1v) is 6.98. The summed E-state index contributed by atoms with van der Waals surface area (Å²) >= 11 is 0. The smallest absolute Gasteiger partial charge is 0.339 e. The zero-order chi connectivity index (χ0) is 16.8. The normalized spacial score (nSPS) is 14.0. The molecule has 0 fully saturated rings. The van der Waals surface area contributed by atoms with Crippen molar-refractivity contribution >= 4 is 11.9 Å². The Morgan fingerprint density at radius 1 is 1.19 bits per heavy atom. The summed E-state index contributed by atoms with van der Waals surface area (Å²) in [6.45, 7) is 13.9. The highest BCUT2D eigenvalue weighted by Crippen LogP contribution is 2.30. The number of hydrogen-bond acceptors (Lipinski definition) is 5. The number of aliphatic hydroxyl groups excluding tert-OH is 1. The average molecular weight is 298 g/mol. The highest BCUT2D eigenvalue weighted by Gasteiger charge is 2.28. The fourth-order valence-electron chi connectivity index (χ4n) is 1.58. The third kappa shape index (κ3) is 6.58. The molecule has 0 bridgehead atoms. The lowest BCUT2D eigenvalue weighted by molar-refractivity contribution is -0.164. The van der Waals surface area contributed by atoms with Gasteiger partial charge in [-0.2, -0.15) is 0 Å². The van der Waals surface area contributed by atoms with E-state index in [1.807, 2.05) is 27.7 Å². The highest BCUT2D eigenvalue weighted by atomic mass is 16.6. The Morgan fingerprint density at radius 3 is 2.10 bits per heavy atom. The highest BCUT2D eigenvalue weighted by molar-refractivity contribution is 5.91. The minimum Gasteiger partial charge on any atom is -0.433 e. The summed E-state index contributed by atoms with van der Waals surface area (Å²) in [5, 5.41) is 9.54. The van der Waals surface area contributed by atoms with Crippen LogP contribution in [-0.4, -0.2) is 23.3 Å². The molecule has 1 unspecified atom stereocenters. The maximum atomic E-state index is 12.0. The van der Waals surface area contributed by atoms with Gasteiger partial charge in [0.25, 0.3) is 0 Å².